The SMILES string of the molecule is CCC(C)/C(=C/C(O)C(C)CC)OCc1c(C)cc(C)cc1-c1cc(-c2cccc(C)c2)c2cc3c(cc2n1)C(CC)(CC)c1ccccc1-3. The van der Waals surface area contributed by atoms with Gasteiger partial charge >= 0.3 is 0 Å². The summed E-state index contributed by atoms with van der Waals surface area (Å²) in [4.78, 5) is 5.52. The van der Waals surface area contributed by atoms with Gasteiger partial charge in [0.05, 0.1) is 23.1 Å². The van der Waals surface area contributed by atoms with E-state index >= 15 is 0 Å². The van der Waals surface area contributed by atoms with Crippen LogP contribution in [0.15, 0.2) is 90.7 Å². The third-order valence-corrected chi connectivity index (χ3v) is 11.7. The van der Waals surface area contributed by atoms with Crippen molar-refractivity contribution in [3.05, 3.63) is 124 Å². The van der Waals surface area contributed by atoms with Crippen LogP contribution in [0.1, 0.15) is 101 Å². The topological polar surface area (TPSA) is 42.4 Å². The second-order valence-electron chi connectivity index (χ2n) is 14.8. The lowest BCUT2D eigenvalue weighted by molar-refractivity contribution is 0.131. The molecule has 1 heterocycles. The summed E-state index contributed by atoms with van der Waals surface area (Å²) in [5.74, 6) is 1.24. The van der Waals surface area contributed by atoms with Crippen LogP contribution >= 0.6 is 0 Å². The van der Waals surface area contributed by atoms with Crippen LogP contribution in [0.5, 0.6) is 0 Å². The highest BCUT2D eigenvalue weighted by Crippen LogP contribution is 2.54. The van der Waals surface area contributed by atoms with E-state index in [1.807, 2.05) is 6.08 Å². The molecule has 1 aliphatic rings. The number of aliphatic hydroxyl groups excluding tert-OH is 1. The monoisotopic (exact) mass is 665 g/mol. The quantitative estimate of drug-likeness (QED) is 0.135. The number of hydrogen-bond acceptors (Lipinski definition) is 3. The van der Waals surface area contributed by atoms with Crippen LogP contribution in [-0.4, -0.2) is 16.2 Å². The molecule has 4 aromatic carbocycles. The van der Waals surface area contributed by atoms with Crippen molar-refractivity contribution in [3.63, 3.8) is 0 Å². The minimum Gasteiger partial charge on any atom is -0.493 e. The van der Waals surface area contributed by atoms with Crippen molar-refractivity contribution in [1.82, 2.24) is 4.98 Å². The van der Waals surface area contributed by atoms with Crippen molar-refractivity contribution in [2.24, 2.45) is 11.8 Å². The Bertz CT molecular complexity index is 2050. The average molecular weight is 666 g/mol. The van der Waals surface area contributed by atoms with Gasteiger partial charge in [0.15, 0.2) is 0 Å². The van der Waals surface area contributed by atoms with Crippen LogP contribution in [0.4, 0.5) is 0 Å². The van der Waals surface area contributed by atoms with Crippen LogP contribution in [0, 0.1) is 32.6 Å². The fraction of sp³-hybridized carbons (Fsp3) is 0.383. The summed E-state index contributed by atoms with van der Waals surface area (Å²) in [6.07, 6.45) is 5.35. The summed E-state index contributed by atoms with van der Waals surface area (Å²) in [7, 11) is 0. The van der Waals surface area contributed by atoms with Gasteiger partial charge in [0.1, 0.15) is 6.61 Å². The van der Waals surface area contributed by atoms with E-state index in [1.54, 1.807) is 0 Å². The van der Waals surface area contributed by atoms with Gasteiger partial charge in [-0.2, -0.15) is 0 Å². The molecule has 3 heteroatoms. The molecule has 3 atom stereocenters. The molecule has 0 spiro atoms. The van der Waals surface area contributed by atoms with E-state index < -0.39 is 6.10 Å². The Labute approximate surface area is 300 Å². The zero-order valence-electron chi connectivity index (χ0n) is 31.7. The molecule has 3 nitrogen and oxygen atoms in total. The maximum absolute atomic E-state index is 10.9. The highest BCUT2D eigenvalue weighted by Gasteiger charge is 2.40. The van der Waals surface area contributed by atoms with Crippen molar-refractivity contribution in [2.75, 3.05) is 0 Å². The number of aliphatic hydroxyl groups is 1. The molecule has 0 amide bonds. The molecule has 1 aliphatic carbocycles. The summed E-state index contributed by atoms with van der Waals surface area (Å²) in [5, 5.41) is 12.1. The Kier molecular flexibility index (Phi) is 10.4. The maximum Gasteiger partial charge on any atom is 0.114 e. The molecule has 0 radical (unpaired) electrons. The molecule has 1 N–H and O–H groups in total. The Hall–Kier alpha value is -4.21. The summed E-state index contributed by atoms with van der Waals surface area (Å²) in [5.41, 5.74) is 15.7. The minimum atomic E-state index is -0.534. The number of aromatic nitrogens is 1. The number of rotatable bonds is 12. The zero-order chi connectivity index (χ0) is 35.7. The van der Waals surface area contributed by atoms with Crippen molar-refractivity contribution in [3.8, 4) is 33.5 Å². The smallest absolute Gasteiger partial charge is 0.114 e. The number of pyridine rings is 1. The van der Waals surface area contributed by atoms with Gasteiger partial charge in [-0.15, -0.1) is 0 Å². The summed E-state index contributed by atoms with van der Waals surface area (Å²) < 4.78 is 6.67. The van der Waals surface area contributed by atoms with Crippen molar-refractivity contribution < 1.29 is 9.84 Å². The summed E-state index contributed by atoms with van der Waals surface area (Å²) in [6, 6.07) is 29.5. The van der Waals surface area contributed by atoms with Crippen LogP contribution in [0.3, 0.4) is 0 Å². The number of hydrogen-bond donors (Lipinski definition) is 1. The molecule has 1 aromatic heterocycles. The largest absolute Gasteiger partial charge is 0.493 e. The van der Waals surface area contributed by atoms with Gasteiger partial charge in [-0.1, -0.05) is 114 Å². The number of nitrogens with zero attached hydrogens (tertiary/aromatic N) is 1. The van der Waals surface area contributed by atoms with Gasteiger partial charge in [0.25, 0.3) is 0 Å². The third-order valence-electron chi connectivity index (χ3n) is 11.7. The highest BCUT2D eigenvalue weighted by molar-refractivity contribution is 6.01. The molecule has 0 fully saturated rings. The first-order chi connectivity index (χ1) is 24.0. The van der Waals surface area contributed by atoms with Gasteiger partial charge in [0, 0.05) is 27.8 Å². The molecular weight excluding hydrogens is 611 g/mol. The summed E-state index contributed by atoms with van der Waals surface area (Å²) >= 11 is 0. The lowest BCUT2D eigenvalue weighted by Gasteiger charge is -2.29. The van der Waals surface area contributed by atoms with E-state index in [9.17, 15) is 5.11 Å². The Morgan fingerprint density at radius 1 is 0.760 bits per heavy atom. The highest BCUT2D eigenvalue weighted by atomic mass is 16.5. The van der Waals surface area contributed by atoms with E-state index in [4.69, 9.17) is 9.72 Å². The van der Waals surface area contributed by atoms with E-state index in [1.165, 1.54) is 55.5 Å². The number of ether oxygens (including phenoxy) is 1. The normalized spacial score (nSPS) is 15.4. The van der Waals surface area contributed by atoms with Crippen molar-refractivity contribution in [1.29, 1.82) is 0 Å². The number of benzene rings is 4. The Morgan fingerprint density at radius 2 is 1.52 bits per heavy atom. The predicted molar refractivity (Wildman–Crippen MR) is 211 cm³/mol. The number of fused-ring (bicyclic) bond motifs is 4. The lowest BCUT2D eigenvalue weighted by atomic mass is 9.73. The van der Waals surface area contributed by atoms with Gasteiger partial charge in [0.2, 0.25) is 0 Å². The first-order valence-electron chi connectivity index (χ1n) is 18.8. The molecule has 260 valence electrons. The summed E-state index contributed by atoms with van der Waals surface area (Å²) in [6.45, 7) is 20.1. The van der Waals surface area contributed by atoms with Crippen molar-refractivity contribution in [2.45, 2.75) is 106 Å². The molecule has 0 saturated carbocycles. The predicted octanol–water partition coefficient (Wildman–Crippen LogP) is 12.4. The average Bonchev–Trinajstić information content (AvgIpc) is 3.40. The van der Waals surface area contributed by atoms with Gasteiger partial charge in [-0.3, -0.25) is 0 Å². The second-order valence-corrected chi connectivity index (χ2v) is 14.8. The molecule has 0 aliphatic heterocycles. The first kappa shape index (κ1) is 35.6. The van der Waals surface area contributed by atoms with Crippen LogP contribution in [0.2, 0.25) is 0 Å². The van der Waals surface area contributed by atoms with E-state index in [0.29, 0.717) is 6.61 Å². The van der Waals surface area contributed by atoms with Crippen molar-refractivity contribution >= 4 is 10.9 Å². The van der Waals surface area contributed by atoms with E-state index in [2.05, 4.69) is 141 Å². The van der Waals surface area contributed by atoms with Crippen LogP contribution < -0.4 is 0 Å². The molecule has 0 bridgehead atoms. The van der Waals surface area contributed by atoms with Gasteiger partial charge < -0.3 is 9.84 Å². The number of allylic oxidation sites excluding steroid dienone is 1. The Balaban J connectivity index is 1.56. The van der Waals surface area contributed by atoms with Crippen LogP contribution in [-0.2, 0) is 16.8 Å². The second kappa shape index (κ2) is 14.6. The molecule has 3 unspecified atom stereocenters. The van der Waals surface area contributed by atoms with E-state index in [-0.39, 0.29) is 17.3 Å². The first-order valence-corrected chi connectivity index (χ1v) is 18.8. The standard InChI is InChI=1S/C47H55NO2/c1-10-31(7)45(49)27-46(32(8)11-2)50-28-40-33(9)21-30(6)23-38(40)43-25-36(34-18-16-17-29(5)22-34)39-24-37-35-19-14-15-20-41(35)47(12-3,13-4)42(37)26-44(39)48-43/h14-27,31-32,45,49H,10-13,28H2,1-9H3/b46-27-. The molecule has 5 aromatic rings. The zero-order valence-corrected chi connectivity index (χ0v) is 31.7. The Morgan fingerprint density at radius 3 is 2.22 bits per heavy atom. The number of aryl methyl sites for hydroxylation is 3. The minimum absolute atomic E-state index is 0.0290. The molecule has 0 saturated heterocycles. The fourth-order valence-corrected chi connectivity index (χ4v) is 8.08. The van der Waals surface area contributed by atoms with Gasteiger partial charge in [-0.05, 0) is 115 Å². The lowest BCUT2D eigenvalue weighted by Crippen LogP contribution is -2.23. The fourth-order valence-electron chi connectivity index (χ4n) is 8.08. The van der Waals surface area contributed by atoms with Crippen LogP contribution in [0.25, 0.3) is 44.4 Å². The molecular formula is C47H55NO2. The van der Waals surface area contributed by atoms with E-state index in [0.717, 1.165) is 53.8 Å². The maximum atomic E-state index is 10.9. The molecule has 50 heavy (non-hydrogen) atoms. The van der Waals surface area contributed by atoms with Gasteiger partial charge in [-0.25, -0.2) is 4.98 Å². The third kappa shape index (κ3) is 6.42. The molecule has 6 rings (SSSR count).